The average molecular weight is 240 g/mol. The Balaban J connectivity index is 2.74. The molecule has 1 atom stereocenters. The molecular weight excluding hydrogens is 228 g/mol. The fourth-order valence-electron chi connectivity index (χ4n) is 1.34. The molecule has 0 radical (unpaired) electrons. The van der Waals surface area contributed by atoms with Crippen LogP contribution in [-0.2, 0) is 15.0 Å². The summed E-state index contributed by atoms with van der Waals surface area (Å²) in [5.74, 6) is 0.140. The van der Waals surface area contributed by atoms with Gasteiger partial charge in [-0.1, -0.05) is 0 Å². The quantitative estimate of drug-likeness (QED) is 0.664. The summed E-state index contributed by atoms with van der Waals surface area (Å²) in [6.07, 6.45) is -0.191. The maximum atomic E-state index is 11.1. The van der Waals surface area contributed by atoms with E-state index in [0.717, 1.165) is 4.31 Å². The van der Waals surface area contributed by atoms with E-state index in [4.69, 9.17) is 10.2 Å². The minimum Gasteiger partial charge on any atom is -0.481 e. The number of hydrogen-bond acceptors (Lipinski definition) is 4. The van der Waals surface area contributed by atoms with Crippen molar-refractivity contribution in [2.75, 3.05) is 18.1 Å². The summed E-state index contributed by atoms with van der Waals surface area (Å²) in [6.45, 7) is 0.293. The molecule has 0 spiro atoms. The van der Waals surface area contributed by atoms with Gasteiger partial charge in [0.25, 0.3) is 10.2 Å². The Labute approximate surface area is 86.6 Å². The van der Waals surface area contributed by atoms with Gasteiger partial charge in [-0.2, -0.15) is 24.5 Å². The number of carbonyl (C=O) groups is 1. The van der Waals surface area contributed by atoms with Crippen molar-refractivity contribution >= 4 is 27.9 Å². The van der Waals surface area contributed by atoms with Crippen molar-refractivity contribution < 1.29 is 18.3 Å². The lowest BCUT2D eigenvalue weighted by atomic mass is 10.2. The SMILES string of the molecule is NS(=O)(=O)N1CCSCC1CC(=O)O. The second-order valence-electron chi connectivity index (χ2n) is 2.98. The molecule has 82 valence electrons. The van der Waals surface area contributed by atoms with Crippen molar-refractivity contribution in [3.63, 3.8) is 0 Å². The van der Waals surface area contributed by atoms with E-state index < -0.39 is 22.2 Å². The molecular formula is C6H12N2O4S2. The number of nitrogens with two attached hydrogens (primary N) is 1. The molecule has 1 heterocycles. The lowest BCUT2D eigenvalue weighted by molar-refractivity contribution is -0.137. The predicted octanol–water partition coefficient (Wildman–Crippen LogP) is -0.918. The number of thioether (sulfide) groups is 1. The van der Waals surface area contributed by atoms with Gasteiger partial charge in [-0.15, -0.1) is 0 Å². The molecule has 0 aromatic heterocycles. The number of nitrogens with zero attached hydrogens (tertiary/aromatic N) is 1. The highest BCUT2D eigenvalue weighted by molar-refractivity contribution is 7.99. The van der Waals surface area contributed by atoms with E-state index in [1.54, 1.807) is 0 Å². The zero-order valence-electron chi connectivity index (χ0n) is 7.42. The lowest BCUT2D eigenvalue weighted by Gasteiger charge is -2.31. The van der Waals surface area contributed by atoms with E-state index >= 15 is 0 Å². The summed E-state index contributed by atoms with van der Waals surface area (Å²) in [4.78, 5) is 10.5. The normalized spacial score (nSPS) is 24.8. The predicted molar refractivity (Wildman–Crippen MR) is 53.2 cm³/mol. The van der Waals surface area contributed by atoms with Crippen LogP contribution in [0.25, 0.3) is 0 Å². The Morgan fingerprint density at radius 3 is 2.79 bits per heavy atom. The molecule has 1 aliphatic rings. The molecule has 6 nitrogen and oxygen atoms in total. The zero-order valence-corrected chi connectivity index (χ0v) is 9.05. The molecule has 1 saturated heterocycles. The molecule has 0 amide bonds. The second-order valence-corrected chi connectivity index (χ2v) is 5.63. The molecule has 3 N–H and O–H groups in total. The number of rotatable bonds is 3. The van der Waals surface area contributed by atoms with Crippen LogP contribution in [0.1, 0.15) is 6.42 Å². The van der Waals surface area contributed by atoms with Crippen molar-refractivity contribution in [1.82, 2.24) is 4.31 Å². The summed E-state index contributed by atoms with van der Waals surface area (Å²) >= 11 is 1.54. The molecule has 1 fully saturated rings. The first-order valence-corrected chi connectivity index (χ1v) is 6.66. The highest BCUT2D eigenvalue weighted by Gasteiger charge is 2.31. The van der Waals surface area contributed by atoms with Gasteiger partial charge in [-0.05, 0) is 0 Å². The van der Waals surface area contributed by atoms with Crippen LogP contribution >= 0.6 is 11.8 Å². The van der Waals surface area contributed by atoms with Crippen LogP contribution in [-0.4, -0.2) is 47.9 Å². The van der Waals surface area contributed by atoms with Crippen LogP contribution in [0, 0.1) is 0 Å². The van der Waals surface area contributed by atoms with E-state index in [0.29, 0.717) is 18.1 Å². The van der Waals surface area contributed by atoms with Crippen LogP contribution in [0.2, 0.25) is 0 Å². The van der Waals surface area contributed by atoms with Crippen molar-refractivity contribution in [2.45, 2.75) is 12.5 Å². The summed E-state index contributed by atoms with van der Waals surface area (Å²) in [5, 5.41) is 13.5. The smallest absolute Gasteiger partial charge is 0.305 e. The Morgan fingerprint density at radius 1 is 1.64 bits per heavy atom. The molecule has 0 aromatic rings. The number of carboxylic acids is 1. The Kier molecular flexibility index (Phi) is 3.76. The van der Waals surface area contributed by atoms with Crippen LogP contribution in [0.15, 0.2) is 0 Å². The van der Waals surface area contributed by atoms with E-state index in [-0.39, 0.29) is 6.42 Å². The lowest BCUT2D eigenvalue weighted by Crippen LogP contribution is -2.49. The van der Waals surface area contributed by atoms with Gasteiger partial charge in [0.15, 0.2) is 0 Å². The van der Waals surface area contributed by atoms with E-state index in [2.05, 4.69) is 0 Å². The summed E-state index contributed by atoms with van der Waals surface area (Å²) in [7, 11) is -3.76. The van der Waals surface area contributed by atoms with Crippen LogP contribution in [0.4, 0.5) is 0 Å². The van der Waals surface area contributed by atoms with E-state index in [1.165, 1.54) is 11.8 Å². The maximum absolute atomic E-state index is 11.1. The highest BCUT2D eigenvalue weighted by atomic mass is 32.2. The Hall–Kier alpha value is -0.310. The van der Waals surface area contributed by atoms with Gasteiger partial charge in [0.2, 0.25) is 0 Å². The maximum Gasteiger partial charge on any atom is 0.305 e. The van der Waals surface area contributed by atoms with Gasteiger partial charge in [0.1, 0.15) is 0 Å². The first-order valence-electron chi connectivity index (χ1n) is 4.00. The standard InChI is InChI=1S/C6H12N2O4S2/c7-14(11,12)8-1-2-13-4-5(8)3-6(9)10/h5H,1-4H2,(H,9,10)(H2,7,11,12). The molecule has 0 aliphatic carbocycles. The Morgan fingerprint density at radius 2 is 2.29 bits per heavy atom. The molecule has 0 saturated carbocycles. The largest absolute Gasteiger partial charge is 0.481 e. The fraction of sp³-hybridized carbons (Fsp3) is 0.833. The summed E-state index contributed by atoms with van der Waals surface area (Å²) < 4.78 is 23.2. The van der Waals surface area contributed by atoms with Crippen LogP contribution < -0.4 is 5.14 Å². The van der Waals surface area contributed by atoms with Crippen LogP contribution in [0.5, 0.6) is 0 Å². The third kappa shape index (κ3) is 3.12. The molecule has 1 unspecified atom stereocenters. The first-order chi connectivity index (χ1) is 6.41. The third-order valence-corrected chi connectivity index (χ3v) is 4.14. The highest BCUT2D eigenvalue weighted by Crippen LogP contribution is 2.20. The van der Waals surface area contributed by atoms with Crippen molar-refractivity contribution in [2.24, 2.45) is 5.14 Å². The van der Waals surface area contributed by atoms with Gasteiger partial charge in [-0.25, -0.2) is 5.14 Å². The average Bonchev–Trinajstić information content (AvgIpc) is 2.01. The first kappa shape index (κ1) is 11.8. The topological polar surface area (TPSA) is 101 Å². The van der Waals surface area contributed by atoms with Gasteiger partial charge in [-0.3, -0.25) is 4.79 Å². The van der Waals surface area contributed by atoms with E-state index in [9.17, 15) is 13.2 Å². The zero-order chi connectivity index (χ0) is 10.8. The summed E-state index contributed by atoms with van der Waals surface area (Å²) in [5.41, 5.74) is 0. The van der Waals surface area contributed by atoms with Gasteiger partial charge in [0.05, 0.1) is 6.42 Å². The van der Waals surface area contributed by atoms with E-state index in [1.807, 2.05) is 0 Å². The molecule has 1 aliphatic heterocycles. The molecule has 0 aromatic carbocycles. The second kappa shape index (κ2) is 4.47. The molecule has 1 rings (SSSR count). The molecule has 14 heavy (non-hydrogen) atoms. The fourth-order valence-corrected chi connectivity index (χ4v) is 3.52. The minimum atomic E-state index is -3.76. The van der Waals surface area contributed by atoms with Crippen molar-refractivity contribution in [3.05, 3.63) is 0 Å². The van der Waals surface area contributed by atoms with Gasteiger partial charge >= 0.3 is 5.97 Å². The van der Waals surface area contributed by atoms with Crippen molar-refractivity contribution in [1.29, 1.82) is 0 Å². The Bertz CT molecular complexity index is 316. The monoisotopic (exact) mass is 240 g/mol. The number of carboxylic acid groups (broad SMARTS) is 1. The van der Waals surface area contributed by atoms with Crippen LogP contribution in [0.3, 0.4) is 0 Å². The number of hydrogen-bond donors (Lipinski definition) is 2. The number of aliphatic carboxylic acids is 1. The summed E-state index contributed by atoms with van der Waals surface area (Å²) in [6, 6.07) is -0.513. The van der Waals surface area contributed by atoms with Gasteiger partial charge in [0, 0.05) is 24.1 Å². The molecule has 8 heteroatoms. The molecule has 0 bridgehead atoms. The third-order valence-electron chi connectivity index (χ3n) is 1.91. The minimum absolute atomic E-state index is 0.191. The van der Waals surface area contributed by atoms with Gasteiger partial charge < -0.3 is 5.11 Å². The van der Waals surface area contributed by atoms with Crippen molar-refractivity contribution in [3.8, 4) is 0 Å².